The van der Waals surface area contributed by atoms with Crippen molar-refractivity contribution in [1.29, 1.82) is 0 Å². The number of alkyl carbamates (subject to hydrolysis) is 1. The summed E-state index contributed by atoms with van der Waals surface area (Å²) in [6.45, 7) is 1.24. The van der Waals surface area contributed by atoms with Gasteiger partial charge in [-0.3, -0.25) is 9.59 Å². The summed E-state index contributed by atoms with van der Waals surface area (Å²) in [4.78, 5) is 36.1. The Morgan fingerprint density at radius 2 is 1.66 bits per heavy atom. The van der Waals surface area contributed by atoms with Gasteiger partial charge in [0.05, 0.1) is 6.61 Å². The van der Waals surface area contributed by atoms with Gasteiger partial charge in [-0.2, -0.15) is 0 Å². The molecule has 0 saturated carbocycles. The first-order valence-corrected chi connectivity index (χ1v) is 9.13. The highest BCUT2D eigenvalue weighted by Crippen LogP contribution is 2.10. The molecule has 0 bridgehead atoms. The predicted octanol–water partition coefficient (Wildman–Crippen LogP) is 0.795. The second-order valence-electron chi connectivity index (χ2n) is 6.54. The lowest BCUT2D eigenvalue weighted by Crippen LogP contribution is -2.55. The van der Waals surface area contributed by atoms with Crippen LogP contribution in [-0.4, -0.2) is 41.7 Å². The molecule has 8 heteroatoms. The minimum absolute atomic E-state index is 0.0175. The van der Waals surface area contributed by atoms with Gasteiger partial charge in [-0.25, -0.2) is 4.79 Å². The maximum absolute atomic E-state index is 12.4. The standard InChI is InChI=1S/C21H25N3O5/c1-14-7-5-6-10-16(14)11-17(19(22)26)23-20(27)18(12-25)24-21(28)29-13-15-8-3-2-4-9-15/h2-10,17-18,25H,11-13H2,1H3,(H2,22,26)(H,23,27)(H,24,28)/t17-,18+/m1/s1. The minimum Gasteiger partial charge on any atom is -0.445 e. The van der Waals surface area contributed by atoms with E-state index in [4.69, 9.17) is 10.5 Å². The van der Waals surface area contributed by atoms with E-state index < -0.39 is 36.6 Å². The average molecular weight is 399 g/mol. The summed E-state index contributed by atoms with van der Waals surface area (Å²) >= 11 is 0. The summed E-state index contributed by atoms with van der Waals surface area (Å²) in [6, 6.07) is 14.2. The molecule has 0 radical (unpaired) electrons. The van der Waals surface area contributed by atoms with Gasteiger partial charge < -0.3 is 26.2 Å². The van der Waals surface area contributed by atoms with Crippen LogP contribution >= 0.6 is 0 Å². The zero-order chi connectivity index (χ0) is 21.2. The molecule has 2 aromatic rings. The van der Waals surface area contributed by atoms with Crippen molar-refractivity contribution in [2.24, 2.45) is 5.73 Å². The van der Waals surface area contributed by atoms with Crippen LogP contribution in [0.2, 0.25) is 0 Å². The second kappa shape index (κ2) is 10.8. The number of aliphatic hydroxyl groups excluding tert-OH is 1. The quantitative estimate of drug-likeness (QED) is 0.495. The maximum atomic E-state index is 12.4. The van der Waals surface area contributed by atoms with Crippen LogP contribution in [0.5, 0.6) is 0 Å². The molecule has 0 aromatic heterocycles. The number of amides is 3. The van der Waals surface area contributed by atoms with E-state index in [0.29, 0.717) is 0 Å². The Kier molecular flexibility index (Phi) is 8.17. The molecule has 2 atom stereocenters. The Hall–Kier alpha value is -3.39. The summed E-state index contributed by atoms with van der Waals surface area (Å²) in [5.41, 5.74) is 7.99. The zero-order valence-corrected chi connectivity index (χ0v) is 16.1. The van der Waals surface area contributed by atoms with Crippen molar-refractivity contribution in [3.05, 3.63) is 71.3 Å². The van der Waals surface area contributed by atoms with E-state index in [1.165, 1.54) is 0 Å². The highest BCUT2D eigenvalue weighted by Gasteiger charge is 2.26. The van der Waals surface area contributed by atoms with Crippen molar-refractivity contribution in [2.75, 3.05) is 6.61 Å². The van der Waals surface area contributed by atoms with E-state index in [2.05, 4.69) is 10.6 Å². The number of hydrogen-bond donors (Lipinski definition) is 4. The van der Waals surface area contributed by atoms with Crippen LogP contribution in [0.4, 0.5) is 4.79 Å². The fourth-order valence-corrected chi connectivity index (χ4v) is 2.66. The first kappa shape index (κ1) is 21.9. The van der Waals surface area contributed by atoms with Crippen molar-refractivity contribution < 1.29 is 24.2 Å². The number of nitrogens with one attached hydrogen (secondary N) is 2. The predicted molar refractivity (Wildman–Crippen MR) is 107 cm³/mol. The third kappa shape index (κ3) is 6.93. The Morgan fingerprint density at radius 3 is 2.28 bits per heavy atom. The number of primary amides is 1. The molecule has 2 aromatic carbocycles. The first-order valence-electron chi connectivity index (χ1n) is 9.13. The summed E-state index contributed by atoms with van der Waals surface area (Å²) in [5, 5.41) is 14.2. The minimum atomic E-state index is -1.28. The van der Waals surface area contributed by atoms with Gasteiger partial charge in [0, 0.05) is 6.42 Å². The van der Waals surface area contributed by atoms with Crippen LogP contribution in [0.15, 0.2) is 54.6 Å². The molecule has 154 valence electrons. The van der Waals surface area contributed by atoms with Gasteiger partial charge in [0.15, 0.2) is 0 Å². The Bertz CT molecular complexity index is 841. The van der Waals surface area contributed by atoms with Gasteiger partial charge in [-0.05, 0) is 23.6 Å². The van der Waals surface area contributed by atoms with Crippen LogP contribution in [-0.2, 0) is 27.4 Å². The van der Waals surface area contributed by atoms with E-state index in [0.717, 1.165) is 16.7 Å². The lowest BCUT2D eigenvalue weighted by molar-refractivity contribution is -0.129. The first-order chi connectivity index (χ1) is 13.9. The molecule has 3 amide bonds. The van der Waals surface area contributed by atoms with Crippen molar-refractivity contribution in [2.45, 2.75) is 32.0 Å². The fraction of sp³-hybridized carbons (Fsp3) is 0.286. The van der Waals surface area contributed by atoms with Crippen LogP contribution in [0.1, 0.15) is 16.7 Å². The molecular weight excluding hydrogens is 374 g/mol. The lowest BCUT2D eigenvalue weighted by Gasteiger charge is -2.21. The molecule has 5 N–H and O–H groups in total. The highest BCUT2D eigenvalue weighted by molar-refractivity contribution is 5.91. The smallest absolute Gasteiger partial charge is 0.408 e. The van der Waals surface area contributed by atoms with E-state index in [9.17, 15) is 19.5 Å². The van der Waals surface area contributed by atoms with Gasteiger partial charge in [0.2, 0.25) is 11.8 Å². The van der Waals surface area contributed by atoms with E-state index in [1.54, 1.807) is 24.3 Å². The molecule has 0 aliphatic heterocycles. The van der Waals surface area contributed by atoms with Crippen LogP contribution < -0.4 is 16.4 Å². The largest absolute Gasteiger partial charge is 0.445 e. The van der Waals surface area contributed by atoms with Gasteiger partial charge in [0.25, 0.3) is 0 Å². The highest BCUT2D eigenvalue weighted by atomic mass is 16.5. The van der Waals surface area contributed by atoms with Crippen LogP contribution in [0.25, 0.3) is 0 Å². The van der Waals surface area contributed by atoms with Gasteiger partial charge in [-0.15, -0.1) is 0 Å². The van der Waals surface area contributed by atoms with E-state index in [-0.39, 0.29) is 13.0 Å². The summed E-state index contributed by atoms with van der Waals surface area (Å²) in [5.74, 6) is -1.45. The number of hydrogen-bond acceptors (Lipinski definition) is 5. The number of carbonyl (C=O) groups is 3. The molecule has 0 unspecified atom stereocenters. The Labute approximate surface area is 169 Å². The van der Waals surface area contributed by atoms with Crippen molar-refractivity contribution in [1.82, 2.24) is 10.6 Å². The molecule has 29 heavy (non-hydrogen) atoms. The number of ether oxygens (including phenoxy) is 1. The number of aryl methyl sites for hydroxylation is 1. The molecule has 2 rings (SSSR count). The van der Waals surface area contributed by atoms with Gasteiger partial charge in [-0.1, -0.05) is 54.6 Å². The molecule has 0 aliphatic rings. The monoisotopic (exact) mass is 399 g/mol. The zero-order valence-electron chi connectivity index (χ0n) is 16.1. The Balaban J connectivity index is 1.93. The van der Waals surface area contributed by atoms with Gasteiger partial charge >= 0.3 is 6.09 Å². The van der Waals surface area contributed by atoms with Crippen molar-refractivity contribution >= 4 is 17.9 Å². The number of rotatable bonds is 9. The van der Waals surface area contributed by atoms with Crippen molar-refractivity contribution in [3.8, 4) is 0 Å². The van der Waals surface area contributed by atoms with E-state index in [1.807, 2.05) is 37.3 Å². The number of nitrogens with two attached hydrogens (primary N) is 1. The molecule has 0 spiro atoms. The molecule has 0 saturated heterocycles. The summed E-state index contributed by atoms with van der Waals surface area (Å²) < 4.78 is 5.04. The van der Waals surface area contributed by atoms with Crippen molar-refractivity contribution in [3.63, 3.8) is 0 Å². The number of carbonyl (C=O) groups excluding carboxylic acids is 3. The summed E-state index contributed by atoms with van der Waals surface area (Å²) in [7, 11) is 0. The third-order valence-electron chi connectivity index (χ3n) is 4.35. The number of benzene rings is 2. The molecule has 0 heterocycles. The SMILES string of the molecule is Cc1ccccc1C[C@@H](NC(=O)[C@H](CO)NC(=O)OCc1ccccc1)C(N)=O. The molecule has 0 fully saturated rings. The average Bonchev–Trinajstić information content (AvgIpc) is 2.72. The lowest BCUT2D eigenvalue weighted by atomic mass is 10.0. The molecular formula is C21H25N3O5. The molecule has 8 nitrogen and oxygen atoms in total. The van der Waals surface area contributed by atoms with Gasteiger partial charge in [0.1, 0.15) is 18.7 Å². The van der Waals surface area contributed by atoms with Crippen LogP contribution in [0, 0.1) is 6.92 Å². The molecule has 0 aliphatic carbocycles. The third-order valence-corrected chi connectivity index (χ3v) is 4.35. The van der Waals surface area contributed by atoms with Crippen LogP contribution in [0.3, 0.4) is 0 Å². The topological polar surface area (TPSA) is 131 Å². The summed E-state index contributed by atoms with van der Waals surface area (Å²) in [6.07, 6.45) is -0.665. The maximum Gasteiger partial charge on any atom is 0.408 e. The van der Waals surface area contributed by atoms with E-state index >= 15 is 0 Å². The number of aliphatic hydroxyl groups is 1. The second-order valence-corrected chi connectivity index (χ2v) is 6.54. The fourth-order valence-electron chi connectivity index (χ4n) is 2.66. The Morgan fingerprint density at radius 1 is 1.00 bits per heavy atom. The normalized spacial score (nSPS) is 12.5.